The van der Waals surface area contributed by atoms with E-state index in [9.17, 15) is 10.2 Å². The summed E-state index contributed by atoms with van der Waals surface area (Å²) in [7, 11) is 0. The predicted octanol–water partition coefficient (Wildman–Crippen LogP) is 3.71. The zero-order chi connectivity index (χ0) is 13.8. The summed E-state index contributed by atoms with van der Waals surface area (Å²) in [5.41, 5.74) is 1.83. The molecule has 0 saturated carbocycles. The normalized spacial score (nSPS) is 12.3. The minimum atomic E-state index is -0.0900. The molecule has 0 aromatic heterocycles. The van der Waals surface area contributed by atoms with Crippen LogP contribution in [0.2, 0.25) is 0 Å². The van der Waals surface area contributed by atoms with Crippen LogP contribution in [0.4, 0.5) is 0 Å². The van der Waals surface area contributed by atoms with Crippen LogP contribution in [0, 0.1) is 0 Å². The van der Waals surface area contributed by atoms with Gasteiger partial charge in [-0.05, 0) is 24.6 Å². The van der Waals surface area contributed by atoms with E-state index in [0.717, 1.165) is 10.0 Å². The fourth-order valence-corrected chi connectivity index (χ4v) is 2.55. The molecule has 1 unspecified atom stereocenters. The fraction of sp³-hybridized carbons (Fsp3) is 0.200. The number of hydrogen-bond acceptors (Lipinski definition) is 3. The maximum absolute atomic E-state index is 9.74. The molecule has 0 spiro atoms. The molecular weight excluding hydrogens is 306 g/mol. The first-order valence-electron chi connectivity index (χ1n) is 6.07. The highest BCUT2D eigenvalue weighted by molar-refractivity contribution is 9.10. The number of halogens is 1. The first-order chi connectivity index (χ1) is 9.09. The minimum absolute atomic E-state index is 0.0608. The highest BCUT2D eigenvalue weighted by atomic mass is 79.9. The number of hydrogen-bond donors (Lipinski definition) is 3. The lowest BCUT2D eigenvalue weighted by molar-refractivity contribution is 0.396. The highest BCUT2D eigenvalue weighted by Gasteiger charge is 2.10. The molecule has 0 radical (unpaired) electrons. The van der Waals surface area contributed by atoms with Crippen LogP contribution in [0.5, 0.6) is 11.5 Å². The van der Waals surface area contributed by atoms with E-state index in [1.54, 1.807) is 12.1 Å². The van der Waals surface area contributed by atoms with Crippen molar-refractivity contribution in [2.45, 2.75) is 19.5 Å². The molecular formula is C15H16BrNO2. The van der Waals surface area contributed by atoms with Crippen LogP contribution in [-0.4, -0.2) is 10.2 Å². The van der Waals surface area contributed by atoms with Crippen molar-refractivity contribution in [3.8, 4) is 11.5 Å². The molecule has 0 heterocycles. The van der Waals surface area contributed by atoms with Crippen LogP contribution in [0.3, 0.4) is 0 Å². The van der Waals surface area contributed by atoms with Gasteiger partial charge in [0.05, 0.1) is 0 Å². The lowest BCUT2D eigenvalue weighted by atomic mass is 10.1. The summed E-state index contributed by atoms with van der Waals surface area (Å²) in [6.45, 7) is 2.54. The van der Waals surface area contributed by atoms with Crippen molar-refractivity contribution in [1.82, 2.24) is 5.32 Å². The number of phenols is 2. The maximum atomic E-state index is 9.74. The molecule has 0 amide bonds. The van der Waals surface area contributed by atoms with Gasteiger partial charge in [0.2, 0.25) is 0 Å². The quantitative estimate of drug-likeness (QED) is 0.752. The predicted molar refractivity (Wildman–Crippen MR) is 79.2 cm³/mol. The smallest absolute Gasteiger partial charge is 0.161 e. The number of para-hydroxylation sites is 1. The van der Waals surface area contributed by atoms with E-state index < -0.39 is 0 Å². The Bertz CT molecular complexity index is 572. The van der Waals surface area contributed by atoms with Gasteiger partial charge in [-0.3, -0.25) is 0 Å². The van der Waals surface area contributed by atoms with Gasteiger partial charge in [-0.1, -0.05) is 46.3 Å². The third-order valence-electron chi connectivity index (χ3n) is 3.07. The summed E-state index contributed by atoms with van der Waals surface area (Å²) in [4.78, 5) is 0. The van der Waals surface area contributed by atoms with Crippen molar-refractivity contribution in [3.05, 3.63) is 58.1 Å². The number of rotatable bonds is 4. The zero-order valence-corrected chi connectivity index (χ0v) is 12.2. The van der Waals surface area contributed by atoms with Crippen LogP contribution in [0.15, 0.2) is 46.9 Å². The Balaban J connectivity index is 2.07. The van der Waals surface area contributed by atoms with E-state index in [4.69, 9.17) is 0 Å². The molecule has 3 N–H and O–H groups in total. The molecule has 1 atom stereocenters. The lowest BCUT2D eigenvalue weighted by Gasteiger charge is -2.16. The maximum Gasteiger partial charge on any atom is 0.161 e. The van der Waals surface area contributed by atoms with Gasteiger partial charge in [0.25, 0.3) is 0 Å². The van der Waals surface area contributed by atoms with Gasteiger partial charge >= 0.3 is 0 Å². The van der Waals surface area contributed by atoms with Gasteiger partial charge in [-0.2, -0.15) is 0 Å². The van der Waals surface area contributed by atoms with Gasteiger partial charge < -0.3 is 15.5 Å². The largest absolute Gasteiger partial charge is 0.504 e. The second kappa shape index (κ2) is 6.08. The van der Waals surface area contributed by atoms with Gasteiger partial charge in [0.1, 0.15) is 0 Å². The first-order valence-corrected chi connectivity index (χ1v) is 6.86. The molecule has 0 saturated heterocycles. The third kappa shape index (κ3) is 3.28. The topological polar surface area (TPSA) is 52.5 Å². The standard InChI is InChI=1S/C15H16BrNO2/c1-10(12-6-2-3-7-13(12)16)17-9-11-5-4-8-14(18)15(11)19/h2-8,10,17-19H,9H2,1H3. The molecule has 2 aromatic carbocycles. The number of aromatic hydroxyl groups is 2. The molecule has 100 valence electrons. The Labute approximate surface area is 121 Å². The molecule has 0 fully saturated rings. The zero-order valence-electron chi connectivity index (χ0n) is 10.6. The van der Waals surface area contributed by atoms with Crippen LogP contribution in [0.1, 0.15) is 24.1 Å². The molecule has 2 aromatic rings. The molecule has 0 aliphatic rings. The average Bonchev–Trinajstić information content (AvgIpc) is 2.40. The minimum Gasteiger partial charge on any atom is -0.504 e. The van der Waals surface area contributed by atoms with Crippen molar-refractivity contribution in [2.24, 2.45) is 0 Å². The lowest BCUT2D eigenvalue weighted by Crippen LogP contribution is -2.18. The van der Waals surface area contributed by atoms with Gasteiger partial charge in [-0.15, -0.1) is 0 Å². The summed E-state index contributed by atoms with van der Waals surface area (Å²) in [5.74, 6) is -0.151. The van der Waals surface area contributed by atoms with Crippen molar-refractivity contribution in [3.63, 3.8) is 0 Å². The molecule has 2 rings (SSSR count). The van der Waals surface area contributed by atoms with Crippen molar-refractivity contribution < 1.29 is 10.2 Å². The van der Waals surface area contributed by atoms with E-state index >= 15 is 0 Å². The van der Waals surface area contributed by atoms with E-state index in [1.165, 1.54) is 6.07 Å². The molecule has 3 nitrogen and oxygen atoms in total. The number of benzene rings is 2. The van der Waals surface area contributed by atoms with Crippen LogP contribution >= 0.6 is 15.9 Å². The second-order valence-electron chi connectivity index (χ2n) is 4.41. The average molecular weight is 322 g/mol. The Hall–Kier alpha value is -1.52. The molecule has 0 aliphatic carbocycles. The molecule has 0 bridgehead atoms. The summed E-state index contributed by atoms with van der Waals surface area (Å²) >= 11 is 3.52. The van der Waals surface area contributed by atoms with E-state index in [1.807, 2.05) is 24.3 Å². The Morgan fingerprint density at radius 1 is 1.11 bits per heavy atom. The van der Waals surface area contributed by atoms with Gasteiger partial charge in [0, 0.05) is 22.6 Å². The third-order valence-corrected chi connectivity index (χ3v) is 3.79. The van der Waals surface area contributed by atoms with Gasteiger partial charge in [0.15, 0.2) is 11.5 Å². The first kappa shape index (κ1) is 13.9. The summed E-state index contributed by atoms with van der Waals surface area (Å²) in [6.07, 6.45) is 0. The van der Waals surface area contributed by atoms with Crippen LogP contribution in [-0.2, 0) is 6.54 Å². The summed E-state index contributed by atoms with van der Waals surface area (Å²) < 4.78 is 1.05. The summed E-state index contributed by atoms with van der Waals surface area (Å²) in [6, 6.07) is 13.1. The Morgan fingerprint density at radius 2 is 1.84 bits per heavy atom. The summed E-state index contributed by atoms with van der Waals surface area (Å²) in [5, 5.41) is 22.5. The van der Waals surface area contributed by atoms with Crippen LogP contribution < -0.4 is 5.32 Å². The van der Waals surface area contributed by atoms with Gasteiger partial charge in [-0.25, -0.2) is 0 Å². The Kier molecular flexibility index (Phi) is 4.45. The molecule has 4 heteroatoms. The molecule has 0 aliphatic heterocycles. The van der Waals surface area contributed by atoms with E-state index in [2.05, 4.69) is 28.2 Å². The van der Waals surface area contributed by atoms with Crippen molar-refractivity contribution in [2.75, 3.05) is 0 Å². The van der Waals surface area contributed by atoms with Crippen LogP contribution in [0.25, 0.3) is 0 Å². The van der Waals surface area contributed by atoms with E-state index in [-0.39, 0.29) is 17.5 Å². The monoisotopic (exact) mass is 321 g/mol. The fourth-order valence-electron chi connectivity index (χ4n) is 1.92. The highest BCUT2D eigenvalue weighted by Crippen LogP contribution is 2.29. The number of phenolic OH excluding ortho intramolecular Hbond substituents is 2. The number of nitrogens with one attached hydrogen (secondary N) is 1. The van der Waals surface area contributed by atoms with E-state index in [0.29, 0.717) is 12.1 Å². The van der Waals surface area contributed by atoms with Crippen molar-refractivity contribution in [1.29, 1.82) is 0 Å². The molecule has 19 heavy (non-hydrogen) atoms. The SMILES string of the molecule is CC(NCc1cccc(O)c1O)c1ccccc1Br. The second-order valence-corrected chi connectivity index (χ2v) is 5.26. The Morgan fingerprint density at radius 3 is 2.58 bits per heavy atom. The van der Waals surface area contributed by atoms with Crippen molar-refractivity contribution >= 4 is 15.9 Å².